The van der Waals surface area contributed by atoms with Crippen molar-refractivity contribution in [2.75, 3.05) is 0 Å². The zero-order chi connectivity index (χ0) is 20.8. The van der Waals surface area contributed by atoms with E-state index >= 15 is 0 Å². The van der Waals surface area contributed by atoms with E-state index in [4.69, 9.17) is 23.2 Å². The Balaban J connectivity index is 1.67. The maximum absolute atomic E-state index is 12.4. The first kappa shape index (κ1) is 21.9. The van der Waals surface area contributed by atoms with E-state index in [0.717, 1.165) is 15.4 Å². The van der Waals surface area contributed by atoms with E-state index < -0.39 is 0 Å². The second-order valence-electron chi connectivity index (χ2n) is 6.02. The van der Waals surface area contributed by atoms with Gasteiger partial charge in [0, 0.05) is 22.3 Å². The first-order valence-corrected chi connectivity index (χ1v) is 11.1. The molecule has 150 valence electrons. The molecule has 0 radical (unpaired) electrons. The van der Waals surface area contributed by atoms with E-state index in [1.807, 2.05) is 16.7 Å². The lowest BCUT2D eigenvalue weighted by Gasteiger charge is -2.09. The summed E-state index contributed by atoms with van der Waals surface area (Å²) in [6.45, 7) is 4.59. The zero-order valence-electron chi connectivity index (χ0n) is 15.2. The van der Waals surface area contributed by atoms with Gasteiger partial charge in [-0.15, -0.1) is 16.8 Å². The smallest absolute Gasteiger partial charge is 0.251 e. The second-order valence-corrected chi connectivity index (χ2v) is 8.70. The molecule has 9 heteroatoms. The minimum absolute atomic E-state index is 0.235. The fourth-order valence-electron chi connectivity index (χ4n) is 2.50. The molecule has 0 aliphatic rings. The van der Waals surface area contributed by atoms with Gasteiger partial charge in [-0.25, -0.2) is 0 Å². The molecule has 3 aromatic rings. The normalized spacial score (nSPS) is 10.7. The summed E-state index contributed by atoms with van der Waals surface area (Å²) < 4.78 is 2.98. The summed E-state index contributed by atoms with van der Waals surface area (Å²) in [4.78, 5) is 12.4. The highest BCUT2D eigenvalue weighted by molar-refractivity contribution is 9.10. The van der Waals surface area contributed by atoms with Crippen molar-refractivity contribution in [1.29, 1.82) is 0 Å². The standard InChI is InChI=1S/C20H17BrCl2N4OS/c1-2-9-27-18(11-24-19(28)14-5-8-16(22)17(23)10-14)25-26-20(27)29-12-13-3-6-15(21)7-4-13/h2-8,10H,1,9,11-12H2,(H,24,28). The molecule has 0 bridgehead atoms. The van der Waals surface area contributed by atoms with Crippen LogP contribution in [0, 0.1) is 0 Å². The van der Waals surface area contributed by atoms with Gasteiger partial charge in [0.05, 0.1) is 16.6 Å². The lowest BCUT2D eigenvalue weighted by Crippen LogP contribution is -2.24. The molecule has 1 N–H and O–H groups in total. The number of nitrogens with one attached hydrogen (secondary N) is 1. The van der Waals surface area contributed by atoms with Gasteiger partial charge < -0.3 is 9.88 Å². The average molecular weight is 512 g/mol. The number of halogens is 3. The summed E-state index contributed by atoms with van der Waals surface area (Å²) in [6, 6.07) is 12.9. The van der Waals surface area contributed by atoms with Gasteiger partial charge in [-0.3, -0.25) is 4.79 Å². The van der Waals surface area contributed by atoms with Crippen molar-refractivity contribution in [2.45, 2.75) is 24.0 Å². The van der Waals surface area contributed by atoms with Crippen LogP contribution >= 0.6 is 50.9 Å². The SMILES string of the molecule is C=CCn1c(CNC(=O)c2ccc(Cl)c(Cl)c2)nnc1SCc1ccc(Br)cc1. The van der Waals surface area contributed by atoms with Crippen LogP contribution in [-0.4, -0.2) is 20.7 Å². The highest BCUT2D eigenvalue weighted by Gasteiger charge is 2.14. The monoisotopic (exact) mass is 510 g/mol. The van der Waals surface area contributed by atoms with Crippen molar-refractivity contribution in [3.8, 4) is 0 Å². The van der Waals surface area contributed by atoms with Gasteiger partial charge in [0.1, 0.15) is 0 Å². The van der Waals surface area contributed by atoms with Gasteiger partial charge in [-0.2, -0.15) is 0 Å². The highest BCUT2D eigenvalue weighted by Crippen LogP contribution is 2.24. The summed E-state index contributed by atoms with van der Waals surface area (Å²) in [5.74, 6) is 1.15. The Hall–Kier alpha value is -1.80. The molecule has 0 spiro atoms. The third-order valence-corrected chi connectivity index (χ3v) is 6.28. The van der Waals surface area contributed by atoms with Crippen molar-refractivity contribution in [1.82, 2.24) is 20.1 Å². The molecule has 29 heavy (non-hydrogen) atoms. The highest BCUT2D eigenvalue weighted by atomic mass is 79.9. The van der Waals surface area contributed by atoms with Gasteiger partial charge in [-0.1, -0.05) is 69.1 Å². The van der Waals surface area contributed by atoms with E-state index in [2.05, 4.69) is 50.2 Å². The summed E-state index contributed by atoms with van der Waals surface area (Å²) in [6.07, 6.45) is 1.78. The molecule has 1 aromatic heterocycles. The number of carbonyl (C=O) groups is 1. The number of allylic oxidation sites excluding steroid dienone is 1. The molecule has 0 aliphatic heterocycles. The summed E-state index contributed by atoms with van der Waals surface area (Å²) in [7, 11) is 0. The van der Waals surface area contributed by atoms with Gasteiger partial charge >= 0.3 is 0 Å². The van der Waals surface area contributed by atoms with Crippen LogP contribution in [0.15, 0.2) is 64.7 Å². The summed E-state index contributed by atoms with van der Waals surface area (Å²) in [5.41, 5.74) is 1.61. The number of hydrogen-bond acceptors (Lipinski definition) is 4. The predicted octanol–water partition coefficient (Wildman–Crippen LogP) is 5.76. The van der Waals surface area contributed by atoms with Gasteiger partial charge in [0.2, 0.25) is 0 Å². The fourth-order valence-corrected chi connectivity index (χ4v) is 3.98. The molecule has 1 heterocycles. The van der Waals surface area contributed by atoms with Gasteiger partial charge in [0.25, 0.3) is 5.91 Å². The minimum Gasteiger partial charge on any atom is -0.345 e. The summed E-state index contributed by atoms with van der Waals surface area (Å²) >= 11 is 16.9. The summed E-state index contributed by atoms with van der Waals surface area (Å²) in [5, 5.41) is 12.9. The van der Waals surface area contributed by atoms with Crippen LogP contribution in [0.5, 0.6) is 0 Å². The molecule has 2 aromatic carbocycles. The van der Waals surface area contributed by atoms with Crippen LogP contribution in [0.25, 0.3) is 0 Å². The first-order chi connectivity index (χ1) is 14.0. The largest absolute Gasteiger partial charge is 0.345 e. The Labute approximate surface area is 191 Å². The molecule has 0 saturated heterocycles. The van der Waals surface area contributed by atoms with Crippen LogP contribution in [0.3, 0.4) is 0 Å². The lowest BCUT2D eigenvalue weighted by atomic mass is 10.2. The molecule has 1 amide bonds. The van der Waals surface area contributed by atoms with Gasteiger partial charge in [0.15, 0.2) is 11.0 Å². The van der Waals surface area contributed by atoms with Crippen molar-refractivity contribution >= 4 is 56.8 Å². The molecular formula is C20H17BrCl2N4OS. The third kappa shape index (κ3) is 5.85. The van der Waals surface area contributed by atoms with Crippen LogP contribution in [0.4, 0.5) is 0 Å². The predicted molar refractivity (Wildman–Crippen MR) is 122 cm³/mol. The zero-order valence-corrected chi connectivity index (χ0v) is 19.2. The van der Waals surface area contributed by atoms with E-state index in [9.17, 15) is 4.79 Å². The number of hydrogen-bond donors (Lipinski definition) is 1. The Kier molecular flexibility index (Phi) is 7.77. The van der Waals surface area contributed by atoms with Crippen molar-refractivity contribution in [3.05, 3.63) is 86.6 Å². The maximum Gasteiger partial charge on any atom is 0.251 e. The van der Waals surface area contributed by atoms with Crippen molar-refractivity contribution in [3.63, 3.8) is 0 Å². The van der Waals surface area contributed by atoms with Crippen LogP contribution in [0.1, 0.15) is 21.7 Å². The number of thioether (sulfide) groups is 1. The number of nitrogens with zero attached hydrogens (tertiary/aromatic N) is 3. The van der Waals surface area contributed by atoms with Crippen LogP contribution < -0.4 is 5.32 Å². The molecule has 3 rings (SSSR count). The first-order valence-electron chi connectivity index (χ1n) is 8.61. The Morgan fingerprint density at radius 3 is 2.62 bits per heavy atom. The molecule has 0 unspecified atom stereocenters. The number of benzene rings is 2. The molecule has 0 aliphatic carbocycles. The Morgan fingerprint density at radius 1 is 1.17 bits per heavy atom. The Morgan fingerprint density at radius 2 is 1.93 bits per heavy atom. The van der Waals surface area contributed by atoms with E-state index in [-0.39, 0.29) is 12.5 Å². The maximum atomic E-state index is 12.4. The molecular weight excluding hydrogens is 495 g/mol. The fraction of sp³-hybridized carbons (Fsp3) is 0.150. The van der Waals surface area contributed by atoms with Crippen LogP contribution in [0.2, 0.25) is 10.0 Å². The molecule has 0 fully saturated rings. The quantitative estimate of drug-likeness (QED) is 0.308. The molecule has 0 saturated carbocycles. The van der Waals surface area contributed by atoms with E-state index in [1.54, 1.807) is 30.0 Å². The Bertz CT molecular complexity index is 1020. The second kappa shape index (κ2) is 10.3. The topological polar surface area (TPSA) is 59.8 Å². The number of rotatable bonds is 8. The number of amides is 1. The molecule has 0 atom stereocenters. The average Bonchev–Trinajstić information content (AvgIpc) is 3.10. The van der Waals surface area contributed by atoms with Crippen LogP contribution in [-0.2, 0) is 18.8 Å². The van der Waals surface area contributed by atoms with Crippen molar-refractivity contribution < 1.29 is 4.79 Å². The minimum atomic E-state index is -0.263. The number of aromatic nitrogens is 3. The third-order valence-electron chi connectivity index (χ3n) is 3.98. The van der Waals surface area contributed by atoms with Crippen molar-refractivity contribution in [2.24, 2.45) is 0 Å². The molecule has 5 nitrogen and oxygen atoms in total. The van der Waals surface area contributed by atoms with E-state index in [0.29, 0.717) is 28.0 Å². The van der Waals surface area contributed by atoms with E-state index in [1.165, 1.54) is 11.6 Å². The number of carbonyl (C=O) groups excluding carboxylic acids is 1. The van der Waals surface area contributed by atoms with Gasteiger partial charge in [-0.05, 0) is 35.9 Å². The lowest BCUT2D eigenvalue weighted by molar-refractivity contribution is 0.0949.